The molecule has 2 aliphatic heterocycles. The van der Waals surface area contributed by atoms with E-state index in [4.69, 9.17) is 9.47 Å². The lowest BCUT2D eigenvalue weighted by molar-refractivity contribution is -0.143. The monoisotopic (exact) mass is 617 g/mol. The SMILES string of the molecule is COC[C@@H]1CN(CCCN2CCN(C(=O)c3cc(C(F)(F)F)cc(C(F)(F)F)c3)C(Cc3ccc(C)c(O)c3)C2)CCO1. The summed E-state index contributed by atoms with van der Waals surface area (Å²) in [4.78, 5) is 19.4. The first-order valence-corrected chi connectivity index (χ1v) is 14.2. The van der Waals surface area contributed by atoms with Crippen molar-refractivity contribution in [1.29, 1.82) is 0 Å². The number of halogens is 6. The minimum Gasteiger partial charge on any atom is -0.508 e. The highest BCUT2D eigenvalue weighted by Gasteiger charge is 2.39. The predicted molar refractivity (Wildman–Crippen MR) is 147 cm³/mol. The number of carbonyl (C=O) groups is 1. The Morgan fingerprint density at radius 1 is 0.953 bits per heavy atom. The van der Waals surface area contributed by atoms with Crippen molar-refractivity contribution >= 4 is 5.91 Å². The van der Waals surface area contributed by atoms with E-state index in [2.05, 4.69) is 9.80 Å². The van der Waals surface area contributed by atoms with Crippen LogP contribution in [0.1, 0.15) is 39.0 Å². The molecular formula is C30H37F6N3O4. The van der Waals surface area contributed by atoms with Crippen molar-refractivity contribution in [3.63, 3.8) is 0 Å². The zero-order valence-electron chi connectivity index (χ0n) is 24.2. The molecule has 2 aromatic rings. The maximum Gasteiger partial charge on any atom is 0.416 e. The fourth-order valence-corrected chi connectivity index (χ4v) is 5.65. The van der Waals surface area contributed by atoms with Gasteiger partial charge < -0.3 is 19.5 Å². The molecule has 2 saturated heterocycles. The second-order valence-electron chi connectivity index (χ2n) is 11.2. The third kappa shape index (κ3) is 8.84. The lowest BCUT2D eigenvalue weighted by Crippen LogP contribution is -2.56. The maximum absolute atomic E-state index is 13.6. The lowest BCUT2D eigenvalue weighted by atomic mass is 9.98. The predicted octanol–water partition coefficient (Wildman–Crippen LogP) is 4.84. The summed E-state index contributed by atoms with van der Waals surface area (Å²) in [6.07, 6.45) is -9.01. The Bertz CT molecular complexity index is 1220. The largest absolute Gasteiger partial charge is 0.508 e. The number of methoxy groups -OCH3 is 1. The number of ether oxygens (including phenoxy) is 2. The van der Waals surface area contributed by atoms with Crippen LogP contribution in [-0.2, 0) is 28.2 Å². The van der Waals surface area contributed by atoms with Crippen molar-refractivity contribution in [3.05, 3.63) is 64.2 Å². The Labute approximate surface area is 247 Å². The van der Waals surface area contributed by atoms with Gasteiger partial charge in [-0.1, -0.05) is 12.1 Å². The van der Waals surface area contributed by atoms with Gasteiger partial charge in [-0.25, -0.2) is 0 Å². The number of carbonyl (C=O) groups excluding carboxylic acids is 1. The minimum absolute atomic E-state index is 0.0114. The number of piperazine rings is 1. The molecule has 2 aliphatic rings. The van der Waals surface area contributed by atoms with E-state index >= 15 is 0 Å². The summed E-state index contributed by atoms with van der Waals surface area (Å²) in [5.41, 5.74) is -2.36. The average Bonchev–Trinajstić information content (AvgIpc) is 2.94. The Morgan fingerprint density at radius 2 is 1.60 bits per heavy atom. The summed E-state index contributed by atoms with van der Waals surface area (Å²) in [6, 6.07) is 5.53. The van der Waals surface area contributed by atoms with E-state index < -0.39 is 41.0 Å². The van der Waals surface area contributed by atoms with Crippen LogP contribution >= 0.6 is 0 Å². The van der Waals surface area contributed by atoms with Crippen molar-refractivity contribution in [3.8, 4) is 5.75 Å². The van der Waals surface area contributed by atoms with Gasteiger partial charge in [-0.2, -0.15) is 26.3 Å². The first kappa shape index (κ1) is 33.0. The summed E-state index contributed by atoms with van der Waals surface area (Å²) in [7, 11) is 1.63. The molecule has 0 aromatic heterocycles. The Balaban J connectivity index is 1.52. The fraction of sp³-hybridized carbons (Fsp3) is 0.567. The van der Waals surface area contributed by atoms with Gasteiger partial charge in [0.2, 0.25) is 0 Å². The molecule has 43 heavy (non-hydrogen) atoms. The number of phenolic OH excluding ortho intramolecular Hbond substituents is 1. The smallest absolute Gasteiger partial charge is 0.416 e. The molecule has 7 nitrogen and oxygen atoms in total. The fourth-order valence-electron chi connectivity index (χ4n) is 5.65. The Hall–Kier alpha value is -2.87. The molecule has 0 spiro atoms. The normalized spacial score (nSPS) is 20.9. The van der Waals surface area contributed by atoms with Crippen LogP contribution in [0.3, 0.4) is 0 Å². The number of rotatable bonds is 9. The number of phenols is 1. The lowest BCUT2D eigenvalue weighted by Gasteiger charge is -2.42. The summed E-state index contributed by atoms with van der Waals surface area (Å²) in [5, 5.41) is 10.2. The number of aryl methyl sites for hydroxylation is 1. The van der Waals surface area contributed by atoms with E-state index in [1.54, 1.807) is 32.2 Å². The second kappa shape index (κ2) is 13.8. The number of hydrogen-bond donors (Lipinski definition) is 1. The minimum atomic E-state index is -5.06. The van der Waals surface area contributed by atoms with Gasteiger partial charge in [-0.05, 0) is 68.2 Å². The first-order valence-electron chi connectivity index (χ1n) is 14.2. The number of benzene rings is 2. The molecule has 0 saturated carbocycles. The van der Waals surface area contributed by atoms with Crippen LogP contribution < -0.4 is 0 Å². The van der Waals surface area contributed by atoms with Crippen LogP contribution in [0.15, 0.2) is 36.4 Å². The van der Waals surface area contributed by atoms with Crippen LogP contribution in [0, 0.1) is 6.92 Å². The number of alkyl halides is 6. The van der Waals surface area contributed by atoms with Crippen LogP contribution in [0.4, 0.5) is 26.3 Å². The molecule has 4 rings (SSSR count). The van der Waals surface area contributed by atoms with Gasteiger partial charge >= 0.3 is 12.4 Å². The average molecular weight is 618 g/mol. The molecule has 2 aromatic carbocycles. The summed E-state index contributed by atoms with van der Waals surface area (Å²) in [5.74, 6) is -0.830. The van der Waals surface area contributed by atoms with Crippen molar-refractivity contribution in [2.75, 3.05) is 66.1 Å². The van der Waals surface area contributed by atoms with Crippen LogP contribution in [0.2, 0.25) is 0 Å². The van der Waals surface area contributed by atoms with Gasteiger partial charge in [0, 0.05) is 51.4 Å². The third-order valence-electron chi connectivity index (χ3n) is 7.93. The maximum atomic E-state index is 13.6. The number of aromatic hydroxyl groups is 1. The quantitative estimate of drug-likeness (QED) is 0.407. The van der Waals surface area contributed by atoms with Crippen LogP contribution in [-0.4, -0.2) is 104 Å². The van der Waals surface area contributed by atoms with Gasteiger partial charge in [0.1, 0.15) is 5.75 Å². The van der Waals surface area contributed by atoms with Crippen molar-refractivity contribution in [1.82, 2.24) is 14.7 Å². The molecule has 238 valence electrons. The van der Waals surface area contributed by atoms with E-state index in [-0.39, 0.29) is 30.9 Å². The number of morpholine rings is 1. The third-order valence-corrected chi connectivity index (χ3v) is 7.93. The molecule has 13 heteroatoms. The highest BCUT2D eigenvalue weighted by molar-refractivity contribution is 5.95. The van der Waals surface area contributed by atoms with Crippen LogP contribution in [0.25, 0.3) is 0 Å². The van der Waals surface area contributed by atoms with Crippen molar-refractivity contribution in [2.24, 2.45) is 0 Å². The van der Waals surface area contributed by atoms with Crippen LogP contribution in [0.5, 0.6) is 5.75 Å². The molecule has 2 atom stereocenters. The summed E-state index contributed by atoms with van der Waals surface area (Å²) >= 11 is 0. The highest BCUT2D eigenvalue weighted by atomic mass is 19.4. The van der Waals surface area contributed by atoms with Gasteiger partial charge in [0.25, 0.3) is 5.91 Å². The molecule has 0 radical (unpaired) electrons. The van der Waals surface area contributed by atoms with Gasteiger partial charge in [-0.15, -0.1) is 0 Å². The Kier molecular flexibility index (Phi) is 10.6. The van der Waals surface area contributed by atoms with Crippen molar-refractivity contribution in [2.45, 2.75) is 44.3 Å². The Morgan fingerprint density at radius 3 is 2.21 bits per heavy atom. The molecule has 0 bridgehead atoms. The standard InChI is InChI=1S/C30H37F6N3O4/c1-20-4-5-21(13-27(20)40)12-25-17-37(6-3-7-38-10-11-43-26(18-38)19-42-2)8-9-39(25)28(41)22-14-23(29(31,32)33)16-24(15-22)30(34,35)36/h4-5,13-16,25-26,40H,3,6-12,17-19H2,1-2H3/t25?,26-/m0/s1. The van der Waals surface area contributed by atoms with Gasteiger partial charge in [0.05, 0.1) is 30.4 Å². The molecule has 2 fully saturated rings. The number of nitrogens with zero attached hydrogens (tertiary/aromatic N) is 3. The number of amides is 1. The molecule has 0 aliphatic carbocycles. The van der Waals surface area contributed by atoms with Crippen molar-refractivity contribution < 1.29 is 45.7 Å². The van der Waals surface area contributed by atoms with E-state index in [9.17, 15) is 36.2 Å². The molecule has 1 amide bonds. The zero-order chi connectivity index (χ0) is 31.4. The number of hydrogen-bond acceptors (Lipinski definition) is 6. The topological polar surface area (TPSA) is 65.5 Å². The molecule has 1 unspecified atom stereocenters. The molecule has 2 heterocycles. The van der Waals surface area contributed by atoms with E-state index in [0.717, 1.165) is 26.1 Å². The summed E-state index contributed by atoms with van der Waals surface area (Å²) in [6.45, 7) is 6.87. The van der Waals surface area contributed by atoms with E-state index in [0.29, 0.717) is 56.1 Å². The summed E-state index contributed by atoms with van der Waals surface area (Å²) < 4.78 is 91.9. The first-order chi connectivity index (χ1) is 20.2. The molecular weight excluding hydrogens is 580 g/mol. The zero-order valence-corrected chi connectivity index (χ0v) is 24.2. The molecule has 1 N–H and O–H groups in total. The van der Waals surface area contributed by atoms with Gasteiger partial charge in [0.15, 0.2) is 0 Å². The second-order valence-corrected chi connectivity index (χ2v) is 11.2. The van der Waals surface area contributed by atoms with Gasteiger partial charge in [-0.3, -0.25) is 14.6 Å². The van der Waals surface area contributed by atoms with E-state index in [1.165, 1.54) is 4.90 Å². The van der Waals surface area contributed by atoms with E-state index in [1.807, 2.05) is 0 Å². The highest BCUT2D eigenvalue weighted by Crippen LogP contribution is 2.37.